The minimum absolute atomic E-state index is 0.357. The zero-order valence-electron chi connectivity index (χ0n) is 15.6. The minimum Gasteiger partial charge on any atom is -0.497 e. The molecule has 0 saturated carbocycles. The van der Waals surface area contributed by atoms with Crippen LogP contribution in [0.5, 0.6) is 5.75 Å². The Labute approximate surface area is 163 Å². The zero-order valence-corrected chi connectivity index (χ0v) is 15.6. The number of amides is 4. The molecule has 2 N–H and O–H groups in total. The van der Waals surface area contributed by atoms with E-state index < -0.39 is 23.4 Å². The number of imide groups is 1. The fourth-order valence-electron chi connectivity index (χ4n) is 3.07. The van der Waals surface area contributed by atoms with Gasteiger partial charge in [0.15, 0.2) is 0 Å². The van der Waals surface area contributed by atoms with Crippen molar-refractivity contribution in [2.24, 2.45) is 0 Å². The van der Waals surface area contributed by atoms with Gasteiger partial charge in [0.1, 0.15) is 11.3 Å². The Morgan fingerprint density at radius 1 is 1.14 bits per heavy atom. The van der Waals surface area contributed by atoms with Crippen LogP contribution < -0.4 is 15.5 Å². The molecule has 1 aliphatic rings. The molecule has 0 spiro atoms. The molecule has 0 bridgehead atoms. The maximum Gasteiger partial charge on any atom is 0.344 e. The van der Waals surface area contributed by atoms with Crippen LogP contribution >= 0.6 is 0 Å². The lowest BCUT2D eigenvalue weighted by Gasteiger charge is -2.25. The van der Waals surface area contributed by atoms with Gasteiger partial charge in [-0.25, -0.2) is 4.79 Å². The first-order valence-electron chi connectivity index (χ1n) is 8.85. The maximum absolute atomic E-state index is 12.9. The Morgan fingerprint density at radius 3 is 2.43 bits per heavy atom. The summed E-state index contributed by atoms with van der Waals surface area (Å²) in [7, 11) is 1.57. The summed E-state index contributed by atoms with van der Waals surface area (Å²) < 4.78 is 5.08. The van der Waals surface area contributed by atoms with Crippen molar-refractivity contribution in [2.75, 3.05) is 7.11 Å². The van der Waals surface area contributed by atoms with Gasteiger partial charge in [-0.1, -0.05) is 49.4 Å². The Kier molecular flexibility index (Phi) is 5.44. The monoisotopic (exact) mass is 379 g/mol. The molecule has 2 aromatic rings. The first kappa shape index (κ1) is 19.2. The van der Waals surface area contributed by atoms with Crippen LogP contribution in [0.15, 0.2) is 60.7 Å². The van der Waals surface area contributed by atoms with Gasteiger partial charge in [0.05, 0.1) is 7.11 Å². The van der Waals surface area contributed by atoms with E-state index in [1.165, 1.54) is 6.08 Å². The van der Waals surface area contributed by atoms with E-state index >= 15 is 0 Å². The van der Waals surface area contributed by atoms with Gasteiger partial charge in [-0.15, -0.1) is 0 Å². The fraction of sp³-hybridized carbons (Fsp3) is 0.190. The zero-order chi connectivity index (χ0) is 20.1. The molecule has 7 nitrogen and oxygen atoms in total. The Hall–Kier alpha value is -3.61. The van der Waals surface area contributed by atoms with Gasteiger partial charge in [0.25, 0.3) is 11.8 Å². The van der Waals surface area contributed by atoms with Crippen molar-refractivity contribution in [2.45, 2.75) is 18.9 Å². The third-order valence-electron chi connectivity index (χ3n) is 4.65. The van der Waals surface area contributed by atoms with Crippen molar-refractivity contribution in [3.8, 4) is 5.75 Å². The molecule has 0 radical (unpaired) electrons. The van der Waals surface area contributed by atoms with Crippen molar-refractivity contribution in [3.05, 3.63) is 71.8 Å². The van der Waals surface area contributed by atoms with Crippen molar-refractivity contribution in [1.82, 2.24) is 15.8 Å². The first-order valence-corrected chi connectivity index (χ1v) is 8.85. The normalized spacial score (nSPS) is 19.0. The summed E-state index contributed by atoms with van der Waals surface area (Å²) >= 11 is 0. The van der Waals surface area contributed by atoms with Crippen molar-refractivity contribution < 1.29 is 19.1 Å². The molecule has 4 amide bonds. The van der Waals surface area contributed by atoms with Crippen molar-refractivity contribution in [3.63, 3.8) is 0 Å². The number of hydrazine groups is 1. The van der Waals surface area contributed by atoms with E-state index in [2.05, 4.69) is 10.7 Å². The van der Waals surface area contributed by atoms with Crippen LogP contribution in [-0.4, -0.2) is 30.0 Å². The minimum atomic E-state index is -1.19. The highest BCUT2D eigenvalue weighted by Gasteiger charge is 2.52. The molecule has 1 fully saturated rings. The number of nitrogens with one attached hydrogen (secondary N) is 2. The van der Waals surface area contributed by atoms with E-state index in [1.54, 1.807) is 68.6 Å². The van der Waals surface area contributed by atoms with Crippen LogP contribution in [0.3, 0.4) is 0 Å². The van der Waals surface area contributed by atoms with Crippen molar-refractivity contribution in [1.29, 1.82) is 0 Å². The summed E-state index contributed by atoms with van der Waals surface area (Å²) in [5, 5.41) is 3.44. The van der Waals surface area contributed by atoms with Gasteiger partial charge in [-0.3, -0.25) is 15.0 Å². The third kappa shape index (κ3) is 3.59. The molecule has 0 aromatic heterocycles. The largest absolute Gasteiger partial charge is 0.497 e. The lowest BCUT2D eigenvalue weighted by Crippen LogP contribution is -2.48. The molecule has 7 heteroatoms. The van der Waals surface area contributed by atoms with E-state index in [4.69, 9.17) is 4.74 Å². The quantitative estimate of drug-likeness (QED) is 0.597. The number of carbonyl (C=O) groups is 3. The number of hydrogen-bond acceptors (Lipinski definition) is 4. The molecular formula is C21H21N3O4. The second kappa shape index (κ2) is 7.96. The molecule has 144 valence electrons. The lowest BCUT2D eigenvalue weighted by molar-refractivity contribution is -0.138. The highest BCUT2D eigenvalue weighted by Crippen LogP contribution is 2.31. The summed E-state index contributed by atoms with van der Waals surface area (Å²) in [4.78, 5) is 37.5. The van der Waals surface area contributed by atoms with Crippen LogP contribution in [0.1, 0.15) is 24.5 Å². The van der Waals surface area contributed by atoms with Gasteiger partial charge >= 0.3 is 6.03 Å². The molecule has 2 aromatic carbocycles. The predicted octanol–water partition coefficient (Wildman–Crippen LogP) is 2.60. The average Bonchev–Trinajstić information content (AvgIpc) is 2.98. The van der Waals surface area contributed by atoms with Gasteiger partial charge in [-0.05, 0) is 35.8 Å². The number of urea groups is 1. The smallest absolute Gasteiger partial charge is 0.344 e. The van der Waals surface area contributed by atoms with Crippen LogP contribution in [0.25, 0.3) is 6.08 Å². The molecule has 1 aliphatic heterocycles. The highest BCUT2D eigenvalue weighted by atomic mass is 16.5. The Bertz CT molecular complexity index is 909. The van der Waals surface area contributed by atoms with Gasteiger partial charge in [0, 0.05) is 6.08 Å². The van der Waals surface area contributed by atoms with Crippen LogP contribution in [-0.2, 0) is 15.1 Å². The predicted molar refractivity (Wildman–Crippen MR) is 104 cm³/mol. The average molecular weight is 379 g/mol. The molecule has 1 atom stereocenters. The fourth-order valence-corrected chi connectivity index (χ4v) is 3.07. The van der Waals surface area contributed by atoms with Gasteiger partial charge < -0.3 is 10.1 Å². The third-order valence-corrected chi connectivity index (χ3v) is 4.65. The molecule has 1 heterocycles. The summed E-state index contributed by atoms with van der Waals surface area (Å²) in [5.41, 5.74) is 2.61. The van der Waals surface area contributed by atoms with E-state index in [9.17, 15) is 14.4 Å². The van der Waals surface area contributed by atoms with Crippen LogP contribution in [0.2, 0.25) is 0 Å². The molecule has 0 unspecified atom stereocenters. The molecular weight excluding hydrogens is 358 g/mol. The molecule has 0 aliphatic carbocycles. The first-order chi connectivity index (χ1) is 13.5. The Morgan fingerprint density at radius 2 is 1.82 bits per heavy atom. The molecule has 1 saturated heterocycles. The number of ether oxygens (including phenoxy) is 1. The molecule has 28 heavy (non-hydrogen) atoms. The summed E-state index contributed by atoms with van der Waals surface area (Å²) in [6, 6.07) is 15.4. The second-order valence-corrected chi connectivity index (χ2v) is 6.28. The number of benzene rings is 2. The number of hydrogen-bond donors (Lipinski definition) is 2. The standard InChI is InChI=1S/C21H21N3O4/c1-3-21(16-7-5-4-6-8-16)19(26)24(20(27)22-21)23-18(25)14-11-15-9-12-17(28-2)13-10-15/h4-14H,3H2,1-2H3,(H,22,27)(H,23,25)/b14-11+/t21-/m1/s1. The Balaban J connectivity index is 1.73. The molecule has 3 rings (SSSR count). The highest BCUT2D eigenvalue weighted by molar-refractivity contribution is 6.09. The number of nitrogens with zero attached hydrogens (tertiary/aromatic N) is 1. The SMILES string of the molecule is CC[C@]1(c2ccccc2)NC(=O)N(NC(=O)/C=C/c2ccc(OC)cc2)C1=O. The van der Waals surface area contributed by atoms with E-state index in [1.807, 2.05) is 6.07 Å². The summed E-state index contributed by atoms with van der Waals surface area (Å²) in [5.74, 6) is -0.394. The van der Waals surface area contributed by atoms with Gasteiger partial charge in [0.2, 0.25) is 0 Å². The van der Waals surface area contributed by atoms with E-state index in [0.29, 0.717) is 17.7 Å². The summed E-state index contributed by atoms with van der Waals surface area (Å²) in [6.07, 6.45) is 3.20. The van der Waals surface area contributed by atoms with Crippen LogP contribution in [0.4, 0.5) is 4.79 Å². The second-order valence-electron chi connectivity index (χ2n) is 6.28. The van der Waals surface area contributed by atoms with Crippen molar-refractivity contribution >= 4 is 23.9 Å². The topological polar surface area (TPSA) is 87.7 Å². The van der Waals surface area contributed by atoms with Gasteiger partial charge in [-0.2, -0.15) is 5.01 Å². The van der Waals surface area contributed by atoms with E-state index in [0.717, 1.165) is 10.6 Å². The van der Waals surface area contributed by atoms with E-state index in [-0.39, 0.29) is 0 Å². The summed E-state index contributed by atoms with van der Waals surface area (Å²) in [6.45, 7) is 1.81. The number of methoxy groups -OCH3 is 1. The number of carbonyl (C=O) groups excluding carboxylic acids is 3. The number of rotatable bonds is 6. The van der Waals surface area contributed by atoms with Crippen LogP contribution in [0, 0.1) is 0 Å². The lowest BCUT2D eigenvalue weighted by atomic mass is 9.87. The maximum atomic E-state index is 12.9.